The fourth-order valence-corrected chi connectivity index (χ4v) is 6.19. The van der Waals surface area contributed by atoms with E-state index in [9.17, 15) is 22.4 Å². The Morgan fingerprint density at radius 1 is 1.34 bits per heavy atom. The van der Waals surface area contributed by atoms with Gasteiger partial charge in [0.05, 0.1) is 23.1 Å². The summed E-state index contributed by atoms with van der Waals surface area (Å²) < 4.78 is 38.4. The van der Waals surface area contributed by atoms with Crippen molar-refractivity contribution in [1.82, 2.24) is 9.97 Å². The molecule has 0 aliphatic heterocycles. The molecule has 3 aromatic rings. The van der Waals surface area contributed by atoms with Gasteiger partial charge in [-0.25, -0.2) is 17.8 Å². The predicted octanol–water partition coefficient (Wildman–Crippen LogP) is 3.25. The minimum Gasteiger partial charge on any atom is -0.326 e. The Balaban J connectivity index is 1.30. The Hall–Kier alpha value is -2.44. The minimum atomic E-state index is -3.64. The zero-order chi connectivity index (χ0) is 22.9. The van der Waals surface area contributed by atoms with E-state index >= 15 is 0 Å². The molecule has 0 bridgehead atoms. The molecule has 0 fully saturated rings. The van der Waals surface area contributed by atoms with Gasteiger partial charge in [-0.15, -0.1) is 11.3 Å². The standard InChI is InChI=1S/C20H21FN4O4S3/c1-32(28,29)25-14-9-11(5-6-13(14)21)22-17(26)7-8-30-10-16-23-19(27)18-12-3-2-4-15(12)31-20(18)24-16/h5-6,9,25H,2-4,7-8,10H2,1H3,(H,22,26)(H,23,24,27). The van der Waals surface area contributed by atoms with E-state index in [0.717, 1.165) is 47.4 Å². The Kier molecular flexibility index (Phi) is 6.54. The average molecular weight is 497 g/mol. The summed E-state index contributed by atoms with van der Waals surface area (Å²) >= 11 is 3.06. The third kappa shape index (κ3) is 5.30. The monoisotopic (exact) mass is 496 g/mol. The van der Waals surface area contributed by atoms with Crippen LogP contribution in [0.15, 0.2) is 23.0 Å². The van der Waals surface area contributed by atoms with Crippen LogP contribution in [0.25, 0.3) is 10.2 Å². The number of amides is 1. The van der Waals surface area contributed by atoms with E-state index in [-0.39, 0.29) is 29.3 Å². The van der Waals surface area contributed by atoms with Crippen LogP contribution >= 0.6 is 23.1 Å². The van der Waals surface area contributed by atoms with Crippen molar-refractivity contribution in [1.29, 1.82) is 0 Å². The maximum Gasteiger partial charge on any atom is 0.259 e. The van der Waals surface area contributed by atoms with Crippen molar-refractivity contribution in [3.05, 3.63) is 50.6 Å². The number of fused-ring (bicyclic) bond motifs is 3. The molecule has 4 rings (SSSR count). The number of anilines is 2. The van der Waals surface area contributed by atoms with Gasteiger partial charge in [-0.3, -0.25) is 14.3 Å². The third-order valence-corrected chi connectivity index (χ3v) is 7.63. The summed E-state index contributed by atoms with van der Waals surface area (Å²) in [6.45, 7) is 0. The number of thiophene rings is 1. The molecule has 0 spiro atoms. The number of halogens is 1. The number of aromatic nitrogens is 2. The summed E-state index contributed by atoms with van der Waals surface area (Å²) in [6.07, 6.45) is 4.14. The molecule has 0 unspecified atom stereocenters. The van der Waals surface area contributed by atoms with Gasteiger partial charge in [0.25, 0.3) is 5.56 Å². The van der Waals surface area contributed by atoms with E-state index in [1.54, 1.807) is 11.3 Å². The number of hydrogen-bond acceptors (Lipinski definition) is 7. The summed E-state index contributed by atoms with van der Waals surface area (Å²) in [5.41, 5.74) is 1.10. The van der Waals surface area contributed by atoms with E-state index in [4.69, 9.17) is 0 Å². The normalized spacial score (nSPS) is 13.3. The van der Waals surface area contributed by atoms with Gasteiger partial charge in [0.15, 0.2) is 0 Å². The Morgan fingerprint density at radius 2 is 2.16 bits per heavy atom. The summed E-state index contributed by atoms with van der Waals surface area (Å²) in [5, 5.41) is 3.35. The number of sulfonamides is 1. The predicted molar refractivity (Wildman–Crippen MR) is 127 cm³/mol. The van der Waals surface area contributed by atoms with E-state index in [2.05, 4.69) is 20.0 Å². The van der Waals surface area contributed by atoms with E-state index < -0.39 is 15.8 Å². The van der Waals surface area contributed by atoms with E-state index in [1.807, 2.05) is 0 Å². The summed E-state index contributed by atoms with van der Waals surface area (Å²) in [7, 11) is -3.64. The van der Waals surface area contributed by atoms with Crippen molar-refractivity contribution in [2.75, 3.05) is 22.0 Å². The second-order valence-corrected chi connectivity index (χ2v) is 11.4. The maximum atomic E-state index is 13.7. The SMILES string of the molecule is CS(=O)(=O)Nc1cc(NC(=O)CCSCc2nc3sc4c(c3c(=O)[nH]2)CCC4)ccc1F. The number of aromatic amines is 1. The van der Waals surface area contributed by atoms with Crippen LogP contribution in [0.5, 0.6) is 0 Å². The van der Waals surface area contributed by atoms with Crippen molar-refractivity contribution in [3.8, 4) is 0 Å². The second-order valence-electron chi connectivity index (χ2n) is 7.47. The van der Waals surface area contributed by atoms with Gasteiger partial charge in [-0.2, -0.15) is 11.8 Å². The highest BCUT2D eigenvalue weighted by Gasteiger charge is 2.21. The van der Waals surface area contributed by atoms with Gasteiger partial charge in [0.2, 0.25) is 15.9 Å². The molecule has 1 aliphatic rings. The highest BCUT2D eigenvalue weighted by molar-refractivity contribution is 7.98. The molecule has 2 heterocycles. The summed E-state index contributed by atoms with van der Waals surface area (Å²) in [4.78, 5) is 34.1. The molecule has 3 N–H and O–H groups in total. The largest absolute Gasteiger partial charge is 0.326 e. The first-order chi connectivity index (χ1) is 15.2. The molecule has 12 heteroatoms. The van der Waals surface area contributed by atoms with E-state index in [1.165, 1.54) is 28.8 Å². The Labute approximate surface area is 192 Å². The first-order valence-electron chi connectivity index (χ1n) is 9.88. The number of aryl methyl sites for hydroxylation is 2. The molecule has 0 atom stereocenters. The molecule has 0 saturated heterocycles. The molecular weight excluding hydrogens is 475 g/mol. The quantitative estimate of drug-likeness (QED) is 0.412. The molecule has 8 nitrogen and oxygen atoms in total. The lowest BCUT2D eigenvalue weighted by molar-refractivity contribution is -0.115. The Bertz CT molecular complexity index is 1350. The second kappa shape index (κ2) is 9.20. The minimum absolute atomic E-state index is 0.0995. The zero-order valence-electron chi connectivity index (χ0n) is 17.2. The van der Waals surface area contributed by atoms with Gasteiger partial charge in [0.1, 0.15) is 16.5 Å². The number of benzene rings is 1. The van der Waals surface area contributed by atoms with Crippen LogP contribution in [0.4, 0.5) is 15.8 Å². The molecule has 1 aliphatic carbocycles. The zero-order valence-corrected chi connectivity index (χ0v) is 19.6. The molecule has 32 heavy (non-hydrogen) atoms. The van der Waals surface area contributed by atoms with Crippen LogP contribution in [0, 0.1) is 5.82 Å². The number of carbonyl (C=O) groups is 1. The van der Waals surface area contributed by atoms with Crippen molar-refractivity contribution in [2.24, 2.45) is 0 Å². The number of thioether (sulfide) groups is 1. The average Bonchev–Trinajstić information content (AvgIpc) is 3.27. The van der Waals surface area contributed by atoms with Crippen molar-refractivity contribution >= 4 is 60.6 Å². The van der Waals surface area contributed by atoms with Gasteiger partial charge in [0, 0.05) is 22.7 Å². The van der Waals surface area contributed by atoms with Gasteiger partial charge in [-0.1, -0.05) is 0 Å². The van der Waals surface area contributed by atoms with Crippen LogP contribution in [0.2, 0.25) is 0 Å². The van der Waals surface area contributed by atoms with E-state index in [0.29, 0.717) is 17.3 Å². The van der Waals surface area contributed by atoms with Crippen LogP contribution in [0.1, 0.15) is 29.1 Å². The number of rotatable bonds is 8. The molecule has 2 aromatic heterocycles. The number of nitrogens with zero attached hydrogens (tertiary/aromatic N) is 1. The van der Waals surface area contributed by atoms with Crippen molar-refractivity contribution in [3.63, 3.8) is 0 Å². The summed E-state index contributed by atoms with van der Waals surface area (Å²) in [5.74, 6) is 0.520. The lowest BCUT2D eigenvalue weighted by atomic mass is 10.2. The fraction of sp³-hybridized carbons (Fsp3) is 0.350. The molecule has 0 saturated carbocycles. The number of nitrogens with one attached hydrogen (secondary N) is 3. The topological polar surface area (TPSA) is 121 Å². The molecule has 1 amide bonds. The van der Waals surface area contributed by atoms with Gasteiger partial charge in [-0.05, 0) is 43.0 Å². The van der Waals surface area contributed by atoms with Crippen molar-refractivity contribution < 1.29 is 17.6 Å². The number of carbonyl (C=O) groups excluding carboxylic acids is 1. The Morgan fingerprint density at radius 3 is 2.94 bits per heavy atom. The van der Waals surface area contributed by atoms with Crippen LogP contribution in [-0.2, 0) is 33.4 Å². The first kappa shape index (κ1) is 22.7. The number of hydrogen-bond donors (Lipinski definition) is 3. The highest BCUT2D eigenvalue weighted by atomic mass is 32.2. The van der Waals surface area contributed by atoms with Crippen LogP contribution < -0.4 is 15.6 Å². The molecule has 170 valence electrons. The first-order valence-corrected chi connectivity index (χ1v) is 13.7. The third-order valence-electron chi connectivity index (χ3n) is 4.88. The molecule has 0 radical (unpaired) electrons. The van der Waals surface area contributed by atoms with Gasteiger partial charge >= 0.3 is 0 Å². The van der Waals surface area contributed by atoms with Gasteiger partial charge < -0.3 is 10.3 Å². The molecular formula is C20H21FN4O4S3. The van der Waals surface area contributed by atoms with Crippen molar-refractivity contribution in [2.45, 2.75) is 31.4 Å². The summed E-state index contributed by atoms with van der Waals surface area (Å²) in [6, 6.07) is 3.66. The fourth-order valence-electron chi connectivity index (χ4n) is 3.55. The number of H-pyrrole nitrogens is 1. The maximum absolute atomic E-state index is 13.7. The lowest BCUT2D eigenvalue weighted by Gasteiger charge is -2.09. The highest BCUT2D eigenvalue weighted by Crippen LogP contribution is 2.34. The molecule has 1 aromatic carbocycles. The smallest absolute Gasteiger partial charge is 0.259 e. The lowest BCUT2D eigenvalue weighted by Crippen LogP contribution is -2.14. The van der Waals surface area contributed by atoms with Crippen LogP contribution in [0.3, 0.4) is 0 Å². The van der Waals surface area contributed by atoms with Crippen LogP contribution in [-0.4, -0.2) is 36.3 Å².